The Morgan fingerprint density at radius 1 is 1.50 bits per heavy atom. The third-order valence-electron chi connectivity index (χ3n) is 3.35. The van der Waals surface area contributed by atoms with Gasteiger partial charge in [-0.05, 0) is 26.6 Å². The van der Waals surface area contributed by atoms with Crippen molar-refractivity contribution in [3.63, 3.8) is 0 Å². The summed E-state index contributed by atoms with van der Waals surface area (Å²) in [6, 6.07) is 1.88. The Bertz CT molecular complexity index is 472. The van der Waals surface area contributed by atoms with Gasteiger partial charge < -0.3 is 15.1 Å². The molecule has 0 fully saturated rings. The van der Waals surface area contributed by atoms with E-state index in [0.717, 1.165) is 25.2 Å². The summed E-state index contributed by atoms with van der Waals surface area (Å²) in [4.78, 5) is 14.6. The number of rotatable bonds is 5. The monoisotopic (exact) mass is 282 g/mol. The summed E-state index contributed by atoms with van der Waals surface area (Å²) in [5.41, 5.74) is 1.63. The van der Waals surface area contributed by atoms with E-state index in [1.54, 1.807) is 0 Å². The quantitative estimate of drug-likeness (QED) is 0.776. The first kappa shape index (κ1) is 15.0. The minimum Gasteiger partial charge on any atom is -0.480 e. The number of aryl methyl sites for hydroxylation is 1. The van der Waals surface area contributed by atoms with E-state index in [-0.39, 0.29) is 6.54 Å². The Kier molecular flexibility index (Phi) is 4.74. The van der Waals surface area contributed by atoms with Crippen molar-refractivity contribution in [2.75, 3.05) is 33.7 Å². The van der Waals surface area contributed by atoms with Gasteiger partial charge in [-0.2, -0.15) is 5.10 Å². The Balaban J connectivity index is 2.10. The number of aliphatic hydroxyl groups excluding tert-OH is 1. The number of carbonyl (C=O) groups is 1. The van der Waals surface area contributed by atoms with Gasteiger partial charge in [-0.3, -0.25) is 14.4 Å². The zero-order valence-electron chi connectivity index (χ0n) is 12.0. The highest BCUT2D eigenvalue weighted by Gasteiger charge is 2.21. The SMILES string of the molecule is CN(C)C[C@H](O)c1cc2n(n1)CCCN(CC(=O)O)C2. The number of fused-ring (bicyclic) bond motifs is 1. The van der Waals surface area contributed by atoms with E-state index in [2.05, 4.69) is 5.10 Å². The van der Waals surface area contributed by atoms with Gasteiger partial charge in [0.15, 0.2) is 0 Å². The minimum atomic E-state index is -0.814. The molecule has 0 saturated carbocycles. The zero-order chi connectivity index (χ0) is 14.7. The van der Waals surface area contributed by atoms with Crippen LogP contribution in [-0.2, 0) is 17.9 Å². The summed E-state index contributed by atoms with van der Waals surface area (Å²) in [5.74, 6) is -0.814. The molecule has 0 amide bonds. The van der Waals surface area contributed by atoms with E-state index < -0.39 is 12.1 Å². The smallest absolute Gasteiger partial charge is 0.317 e. The van der Waals surface area contributed by atoms with Crippen molar-refractivity contribution in [3.8, 4) is 0 Å². The van der Waals surface area contributed by atoms with E-state index in [4.69, 9.17) is 5.11 Å². The van der Waals surface area contributed by atoms with Crippen LogP contribution in [0.2, 0.25) is 0 Å². The first-order chi connectivity index (χ1) is 9.45. The molecule has 2 heterocycles. The Labute approximate surface area is 118 Å². The van der Waals surface area contributed by atoms with E-state index >= 15 is 0 Å². The molecular formula is C13H22N4O3. The second kappa shape index (κ2) is 6.34. The summed E-state index contributed by atoms with van der Waals surface area (Å²) >= 11 is 0. The van der Waals surface area contributed by atoms with E-state index in [0.29, 0.717) is 18.8 Å². The van der Waals surface area contributed by atoms with Gasteiger partial charge in [-0.1, -0.05) is 0 Å². The first-order valence-electron chi connectivity index (χ1n) is 6.79. The largest absolute Gasteiger partial charge is 0.480 e. The fourth-order valence-electron chi connectivity index (χ4n) is 2.48. The van der Waals surface area contributed by atoms with Crippen LogP contribution < -0.4 is 0 Å². The average Bonchev–Trinajstić information content (AvgIpc) is 2.62. The molecule has 0 unspecified atom stereocenters. The van der Waals surface area contributed by atoms with Gasteiger partial charge in [0.05, 0.1) is 17.9 Å². The molecule has 0 radical (unpaired) electrons. The molecule has 20 heavy (non-hydrogen) atoms. The lowest BCUT2D eigenvalue weighted by Gasteiger charge is -2.16. The maximum atomic E-state index is 10.8. The van der Waals surface area contributed by atoms with Crippen LogP contribution in [0.25, 0.3) is 0 Å². The lowest BCUT2D eigenvalue weighted by atomic mass is 10.2. The third kappa shape index (κ3) is 3.78. The second-order valence-electron chi connectivity index (χ2n) is 5.52. The molecule has 0 aromatic carbocycles. The number of nitrogens with zero attached hydrogens (tertiary/aromatic N) is 4. The van der Waals surface area contributed by atoms with Crippen molar-refractivity contribution >= 4 is 5.97 Å². The second-order valence-corrected chi connectivity index (χ2v) is 5.52. The Hall–Kier alpha value is -1.44. The molecular weight excluding hydrogens is 260 g/mol. The van der Waals surface area contributed by atoms with Crippen LogP contribution in [0, 0.1) is 0 Å². The van der Waals surface area contributed by atoms with Crippen molar-refractivity contribution in [3.05, 3.63) is 17.5 Å². The molecule has 0 bridgehead atoms. The van der Waals surface area contributed by atoms with Crippen LogP contribution in [0.3, 0.4) is 0 Å². The summed E-state index contributed by atoms with van der Waals surface area (Å²) in [7, 11) is 3.80. The molecule has 7 nitrogen and oxygen atoms in total. The number of aliphatic hydroxyl groups is 1. The molecule has 0 saturated heterocycles. The highest BCUT2D eigenvalue weighted by Crippen LogP contribution is 2.18. The van der Waals surface area contributed by atoms with Gasteiger partial charge in [0.2, 0.25) is 0 Å². The summed E-state index contributed by atoms with van der Waals surface area (Å²) in [6.07, 6.45) is 0.253. The van der Waals surface area contributed by atoms with E-state index in [9.17, 15) is 9.90 Å². The van der Waals surface area contributed by atoms with Crippen LogP contribution in [0.5, 0.6) is 0 Å². The molecule has 2 rings (SSSR count). The van der Waals surface area contributed by atoms with Crippen molar-refractivity contribution < 1.29 is 15.0 Å². The fraction of sp³-hybridized carbons (Fsp3) is 0.692. The summed E-state index contributed by atoms with van der Waals surface area (Å²) in [6.45, 7) is 2.65. The Morgan fingerprint density at radius 2 is 2.25 bits per heavy atom. The van der Waals surface area contributed by atoms with Crippen LogP contribution in [0.1, 0.15) is 23.9 Å². The maximum Gasteiger partial charge on any atom is 0.317 e. The first-order valence-corrected chi connectivity index (χ1v) is 6.79. The number of carboxylic acid groups (broad SMARTS) is 1. The molecule has 112 valence electrons. The van der Waals surface area contributed by atoms with Gasteiger partial charge >= 0.3 is 5.97 Å². The van der Waals surface area contributed by atoms with Crippen LogP contribution >= 0.6 is 0 Å². The normalized spacial score (nSPS) is 17.8. The molecule has 1 aliphatic rings. The number of likely N-dealkylation sites (N-methyl/N-ethyl adjacent to an activating group) is 1. The standard InChI is InChI=1S/C13H22N4O3/c1-15(2)8-12(18)11-6-10-7-16(9-13(19)20)4-3-5-17(10)14-11/h6,12,18H,3-5,7-9H2,1-2H3,(H,19,20)/t12-/m0/s1. The molecule has 1 atom stereocenters. The summed E-state index contributed by atoms with van der Waals surface area (Å²) < 4.78 is 1.88. The van der Waals surface area contributed by atoms with Gasteiger partial charge in [-0.15, -0.1) is 0 Å². The van der Waals surface area contributed by atoms with E-state index in [1.807, 2.05) is 34.6 Å². The number of aliphatic carboxylic acids is 1. The Morgan fingerprint density at radius 3 is 2.90 bits per heavy atom. The topological polar surface area (TPSA) is 81.8 Å². The lowest BCUT2D eigenvalue weighted by Crippen LogP contribution is -2.29. The molecule has 2 N–H and O–H groups in total. The van der Waals surface area contributed by atoms with E-state index in [1.165, 1.54) is 0 Å². The van der Waals surface area contributed by atoms with Gasteiger partial charge in [0.1, 0.15) is 6.10 Å². The molecule has 0 aliphatic carbocycles. The van der Waals surface area contributed by atoms with Crippen LogP contribution in [0.15, 0.2) is 6.07 Å². The predicted molar refractivity (Wildman–Crippen MR) is 73.3 cm³/mol. The molecule has 1 aromatic heterocycles. The molecule has 1 aliphatic heterocycles. The van der Waals surface area contributed by atoms with Crippen molar-refractivity contribution in [2.45, 2.75) is 25.6 Å². The van der Waals surface area contributed by atoms with Crippen LogP contribution in [-0.4, -0.2) is 69.5 Å². The number of aromatic nitrogens is 2. The maximum absolute atomic E-state index is 10.8. The highest BCUT2D eigenvalue weighted by molar-refractivity contribution is 5.69. The minimum absolute atomic E-state index is 0.0424. The number of carboxylic acids is 1. The van der Waals surface area contributed by atoms with Gasteiger partial charge in [0, 0.05) is 26.2 Å². The number of hydrogen-bond acceptors (Lipinski definition) is 5. The number of hydrogen-bond donors (Lipinski definition) is 2. The molecule has 1 aromatic rings. The van der Waals surface area contributed by atoms with Crippen molar-refractivity contribution in [1.82, 2.24) is 19.6 Å². The predicted octanol–water partition coefficient (Wildman–Crippen LogP) is -0.232. The summed E-state index contributed by atoms with van der Waals surface area (Å²) in [5, 5.41) is 23.4. The van der Waals surface area contributed by atoms with Crippen molar-refractivity contribution in [2.24, 2.45) is 0 Å². The van der Waals surface area contributed by atoms with Crippen LogP contribution in [0.4, 0.5) is 0 Å². The average molecular weight is 282 g/mol. The third-order valence-corrected chi connectivity index (χ3v) is 3.35. The molecule has 0 spiro atoms. The highest BCUT2D eigenvalue weighted by atomic mass is 16.4. The fourth-order valence-corrected chi connectivity index (χ4v) is 2.48. The van der Waals surface area contributed by atoms with Gasteiger partial charge in [0.25, 0.3) is 0 Å². The van der Waals surface area contributed by atoms with Crippen molar-refractivity contribution in [1.29, 1.82) is 0 Å². The lowest BCUT2D eigenvalue weighted by molar-refractivity contribution is -0.138. The zero-order valence-corrected chi connectivity index (χ0v) is 12.0. The molecule has 7 heteroatoms. The van der Waals surface area contributed by atoms with Gasteiger partial charge in [-0.25, -0.2) is 0 Å².